The summed E-state index contributed by atoms with van der Waals surface area (Å²) < 4.78 is 1.60. The number of nitrogens with one attached hydrogen (secondary N) is 2. The van der Waals surface area contributed by atoms with Crippen molar-refractivity contribution in [2.45, 2.75) is 0 Å². The van der Waals surface area contributed by atoms with Crippen LogP contribution < -0.4 is 10.6 Å². The predicted octanol–water partition coefficient (Wildman–Crippen LogP) is 5.67. The number of carbonyl (C=O) groups is 2. The minimum Gasteiger partial charge on any atom is -0.506 e. The summed E-state index contributed by atoms with van der Waals surface area (Å²) in [6.45, 7) is 0. The van der Waals surface area contributed by atoms with Crippen molar-refractivity contribution in [3.8, 4) is 22.0 Å². The number of urea groups is 1. The molecule has 0 aliphatic heterocycles. The SMILES string of the molecule is O=C(Nc1ccc(C(=O)c2ccc(-n3ccnn3)cc2)cc1)Nc1nnc(-c2cc(Cl)cc(Cl)c2O)s1. The molecular weight excluding hydrogens is 537 g/mol. The van der Waals surface area contributed by atoms with E-state index in [1.54, 1.807) is 65.6 Å². The molecule has 2 aromatic heterocycles. The number of benzene rings is 3. The van der Waals surface area contributed by atoms with E-state index in [-0.39, 0.29) is 21.7 Å². The average molecular weight is 552 g/mol. The fourth-order valence-electron chi connectivity index (χ4n) is 3.35. The summed E-state index contributed by atoms with van der Waals surface area (Å²) in [6.07, 6.45) is 3.28. The Morgan fingerprint density at radius 3 is 2.30 bits per heavy atom. The molecule has 0 aliphatic carbocycles. The molecular formula is C24H15Cl2N7O3S. The van der Waals surface area contributed by atoms with Crippen LogP contribution in [0.15, 0.2) is 73.1 Å². The minimum absolute atomic E-state index is 0.0793. The van der Waals surface area contributed by atoms with E-state index in [9.17, 15) is 14.7 Å². The summed E-state index contributed by atoms with van der Waals surface area (Å²) in [5.41, 5.74) is 2.54. The van der Waals surface area contributed by atoms with Crippen molar-refractivity contribution >= 4 is 57.2 Å². The van der Waals surface area contributed by atoms with E-state index in [2.05, 4.69) is 31.1 Å². The third-order valence-electron chi connectivity index (χ3n) is 5.13. The number of amides is 2. The van der Waals surface area contributed by atoms with Gasteiger partial charge in [0, 0.05) is 21.8 Å². The third-order valence-corrected chi connectivity index (χ3v) is 6.50. The van der Waals surface area contributed by atoms with Gasteiger partial charge in [-0.2, -0.15) is 0 Å². The second kappa shape index (κ2) is 10.3. The lowest BCUT2D eigenvalue weighted by Crippen LogP contribution is -2.19. The van der Waals surface area contributed by atoms with E-state index in [4.69, 9.17) is 23.2 Å². The molecule has 2 heterocycles. The molecule has 0 atom stereocenters. The van der Waals surface area contributed by atoms with Crippen LogP contribution in [0.3, 0.4) is 0 Å². The summed E-state index contributed by atoms with van der Waals surface area (Å²) in [4.78, 5) is 25.2. The van der Waals surface area contributed by atoms with Crippen molar-refractivity contribution in [3.63, 3.8) is 0 Å². The van der Waals surface area contributed by atoms with Gasteiger partial charge in [-0.25, -0.2) is 9.48 Å². The molecule has 10 nitrogen and oxygen atoms in total. The number of carbonyl (C=O) groups excluding carboxylic acids is 2. The second-order valence-electron chi connectivity index (χ2n) is 7.58. The summed E-state index contributed by atoms with van der Waals surface area (Å²) in [5.74, 6) is -0.342. The Hall–Kier alpha value is -4.32. The van der Waals surface area contributed by atoms with E-state index in [1.165, 1.54) is 12.1 Å². The zero-order chi connectivity index (χ0) is 25.9. The molecule has 0 saturated heterocycles. The third kappa shape index (κ3) is 5.43. The van der Waals surface area contributed by atoms with Gasteiger partial charge in [0.2, 0.25) is 5.13 Å². The van der Waals surface area contributed by atoms with Crippen molar-refractivity contribution in [2.75, 3.05) is 10.6 Å². The molecule has 3 aromatic carbocycles. The average Bonchev–Trinajstić information content (AvgIpc) is 3.59. The molecule has 5 aromatic rings. The van der Waals surface area contributed by atoms with E-state index >= 15 is 0 Å². The smallest absolute Gasteiger partial charge is 0.325 e. The number of aromatic hydroxyl groups is 1. The van der Waals surface area contributed by atoms with Crippen LogP contribution in [-0.4, -0.2) is 42.1 Å². The first kappa shape index (κ1) is 24.4. The summed E-state index contributed by atoms with van der Waals surface area (Å²) >= 11 is 13.0. The molecule has 0 spiro atoms. The van der Waals surface area contributed by atoms with Gasteiger partial charge in [0.05, 0.1) is 28.7 Å². The second-order valence-corrected chi connectivity index (χ2v) is 9.40. The van der Waals surface area contributed by atoms with Gasteiger partial charge in [0.15, 0.2) is 10.8 Å². The lowest BCUT2D eigenvalue weighted by atomic mass is 10.0. The number of hydrogen-bond acceptors (Lipinski definition) is 8. The summed E-state index contributed by atoms with van der Waals surface area (Å²) in [7, 11) is 0. The normalized spacial score (nSPS) is 10.8. The Balaban J connectivity index is 1.21. The quantitative estimate of drug-likeness (QED) is 0.231. The van der Waals surface area contributed by atoms with Crippen molar-refractivity contribution in [1.29, 1.82) is 0 Å². The van der Waals surface area contributed by atoms with Crippen molar-refractivity contribution < 1.29 is 14.7 Å². The first-order valence-corrected chi connectivity index (χ1v) is 12.2. The number of rotatable bonds is 6. The standard InChI is InChI=1S/C24H15Cl2N7O3S/c25-15-11-18(21(35)19(26)12-15)22-30-31-24(37-22)29-23(36)28-16-5-1-13(2-6-16)20(34)14-3-7-17(8-4-14)33-10-9-27-32-33/h1-12,35H,(H2,28,29,31,36). The number of phenolic OH excluding ortho intramolecular Hbond substituents is 1. The van der Waals surface area contributed by atoms with Crippen LogP contribution in [0.1, 0.15) is 15.9 Å². The van der Waals surface area contributed by atoms with Gasteiger partial charge in [-0.15, -0.1) is 15.3 Å². The highest BCUT2D eigenvalue weighted by molar-refractivity contribution is 7.18. The highest BCUT2D eigenvalue weighted by Crippen LogP contribution is 2.39. The molecule has 13 heteroatoms. The minimum atomic E-state index is -0.557. The van der Waals surface area contributed by atoms with Crippen LogP contribution in [0, 0.1) is 0 Å². The van der Waals surface area contributed by atoms with Gasteiger partial charge in [0.1, 0.15) is 5.75 Å². The van der Waals surface area contributed by atoms with Crippen molar-refractivity contribution in [2.24, 2.45) is 0 Å². The van der Waals surface area contributed by atoms with Crippen LogP contribution in [0.4, 0.5) is 15.6 Å². The predicted molar refractivity (Wildman–Crippen MR) is 141 cm³/mol. The van der Waals surface area contributed by atoms with Crippen LogP contribution in [0.2, 0.25) is 10.0 Å². The first-order valence-electron chi connectivity index (χ1n) is 10.6. The Bertz CT molecular complexity index is 1590. The van der Waals surface area contributed by atoms with Crippen LogP contribution in [0.25, 0.3) is 16.3 Å². The monoisotopic (exact) mass is 551 g/mol. The number of nitrogens with zero attached hydrogens (tertiary/aromatic N) is 5. The topological polar surface area (TPSA) is 135 Å². The maximum Gasteiger partial charge on any atom is 0.325 e. The highest BCUT2D eigenvalue weighted by Gasteiger charge is 2.16. The number of phenols is 1. The fourth-order valence-corrected chi connectivity index (χ4v) is 4.60. The molecule has 0 unspecified atom stereocenters. The molecule has 0 bridgehead atoms. The van der Waals surface area contributed by atoms with Gasteiger partial charge in [-0.1, -0.05) is 39.8 Å². The van der Waals surface area contributed by atoms with Crippen molar-refractivity contribution in [1.82, 2.24) is 25.2 Å². The highest BCUT2D eigenvalue weighted by atomic mass is 35.5. The van der Waals surface area contributed by atoms with Gasteiger partial charge in [0.25, 0.3) is 0 Å². The van der Waals surface area contributed by atoms with E-state index in [0.717, 1.165) is 17.0 Å². The molecule has 2 amide bonds. The van der Waals surface area contributed by atoms with E-state index < -0.39 is 6.03 Å². The molecule has 184 valence electrons. The number of hydrogen-bond donors (Lipinski definition) is 3. The lowest BCUT2D eigenvalue weighted by molar-refractivity contribution is 0.103. The summed E-state index contributed by atoms with van der Waals surface area (Å²) in [6, 6.07) is 15.8. The summed E-state index contributed by atoms with van der Waals surface area (Å²) in [5, 5.41) is 31.9. The van der Waals surface area contributed by atoms with Gasteiger partial charge >= 0.3 is 6.03 Å². The van der Waals surface area contributed by atoms with Crippen LogP contribution in [-0.2, 0) is 0 Å². The number of ketones is 1. The van der Waals surface area contributed by atoms with Gasteiger partial charge in [-0.3, -0.25) is 10.1 Å². The molecule has 0 radical (unpaired) electrons. The van der Waals surface area contributed by atoms with E-state index in [1.807, 2.05) is 0 Å². The number of halogens is 2. The molecule has 37 heavy (non-hydrogen) atoms. The van der Waals surface area contributed by atoms with Gasteiger partial charge < -0.3 is 10.4 Å². The Kier molecular flexibility index (Phi) is 6.82. The molecule has 0 saturated carbocycles. The van der Waals surface area contributed by atoms with Crippen LogP contribution in [0.5, 0.6) is 5.75 Å². The maximum atomic E-state index is 12.8. The zero-order valence-corrected chi connectivity index (χ0v) is 20.9. The Labute approximate surface area is 223 Å². The number of aromatic nitrogens is 5. The Morgan fingerprint density at radius 2 is 1.62 bits per heavy atom. The Morgan fingerprint density at radius 1 is 0.919 bits per heavy atom. The fraction of sp³-hybridized carbons (Fsp3) is 0. The molecule has 3 N–H and O–H groups in total. The van der Waals surface area contributed by atoms with Crippen LogP contribution >= 0.6 is 34.5 Å². The molecule has 5 rings (SSSR count). The first-order chi connectivity index (χ1) is 17.9. The van der Waals surface area contributed by atoms with E-state index in [0.29, 0.717) is 32.4 Å². The number of anilines is 2. The largest absolute Gasteiger partial charge is 0.506 e. The molecule has 0 aliphatic rings. The maximum absolute atomic E-state index is 12.8. The molecule has 0 fully saturated rings. The zero-order valence-electron chi connectivity index (χ0n) is 18.6. The van der Waals surface area contributed by atoms with Gasteiger partial charge in [-0.05, 0) is 60.7 Å². The van der Waals surface area contributed by atoms with Crippen molar-refractivity contribution in [3.05, 3.63) is 94.2 Å². The lowest BCUT2D eigenvalue weighted by Gasteiger charge is -2.07.